The van der Waals surface area contributed by atoms with Gasteiger partial charge in [-0.25, -0.2) is 4.79 Å². The molecule has 2 rings (SSSR count). The molecule has 2 aromatic heterocycles. The summed E-state index contributed by atoms with van der Waals surface area (Å²) >= 11 is 2.59. The van der Waals surface area contributed by atoms with Crippen LogP contribution in [0.4, 0.5) is 5.00 Å². The van der Waals surface area contributed by atoms with Crippen molar-refractivity contribution in [1.29, 1.82) is 0 Å². The SMILES string of the molecule is CCCc1sc(C(=O)Nc2ccc(C(=O)O)s2)cc1CC. The predicted molar refractivity (Wildman–Crippen MR) is 86.9 cm³/mol. The third kappa shape index (κ3) is 3.71. The summed E-state index contributed by atoms with van der Waals surface area (Å²) in [4.78, 5) is 25.2. The average molecular weight is 323 g/mol. The topological polar surface area (TPSA) is 66.4 Å². The Morgan fingerprint density at radius 1 is 1.19 bits per heavy atom. The molecule has 0 aromatic carbocycles. The van der Waals surface area contributed by atoms with Crippen molar-refractivity contribution in [3.63, 3.8) is 0 Å². The van der Waals surface area contributed by atoms with E-state index < -0.39 is 5.97 Å². The number of hydrogen-bond donors (Lipinski definition) is 2. The Morgan fingerprint density at radius 2 is 1.95 bits per heavy atom. The van der Waals surface area contributed by atoms with Crippen molar-refractivity contribution in [3.8, 4) is 0 Å². The van der Waals surface area contributed by atoms with E-state index in [1.807, 2.05) is 6.07 Å². The molecule has 2 aromatic rings. The Bertz CT molecular complexity index is 658. The summed E-state index contributed by atoms with van der Waals surface area (Å²) in [5, 5.41) is 12.2. The molecule has 2 heterocycles. The van der Waals surface area contributed by atoms with Crippen molar-refractivity contribution >= 4 is 39.6 Å². The number of nitrogens with one attached hydrogen (secondary N) is 1. The lowest BCUT2D eigenvalue weighted by atomic mass is 10.1. The van der Waals surface area contributed by atoms with E-state index in [0.29, 0.717) is 9.88 Å². The van der Waals surface area contributed by atoms with Gasteiger partial charge in [0.2, 0.25) is 0 Å². The summed E-state index contributed by atoms with van der Waals surface area (Å²) in [7, 11) is 0. The van der Waals surface area contributed by atoms with Gasteiger partial charge in [0.05, 0.1) is 9.88 Å². The zero-order valence-corrected chi connectivity index (χ0v) is 13.6. The second-order valence-electron chi connectivity index (χ2n) is 4.59. The van der Waals surface area contributed by atoms with Gasteiger partial charge < -0.3 is 10.4 Å². The number of carboxylic acids is 1. The van der Waals surface area contributed by atoms with Gasteiger partial charge in [-0.2, -0.15) is 0 Å². The predicted octanol–water partition coefficient (Wildman–Crippen LogP) is 4.28. The lowest BCUT2D eigenvalue weighted by Gasteiger charge is -1.98. The van der Waals surface area contributed by atoms with Crippen molar-refractivity contribution in [2.45, 2.75) is 33.1 Å². The van der Waals surface area contributed by atoms with Gasteiger partial charge in [0.15, 0.2) is 0 Å². The fourth-order valence-corrected chi connectivity index (χ4v) is 4.00. The lowest BCUT2D eigenvalue weighted by Crippen LogP contribution is -2.08. The molecule has 21 heavy (non-hydrogen) atoms. The van der Waals surface area contributed by atoms with Gasteiger partial charge in [0.1, 0.15) is 4.88 Å². The molecule has 0 aliphatic heterocycles. The molecule has 0 saturated carbocycles. The molecule has 1 amide bonds. The van der Waals surface area contributed by atoms with E-state index in [4.69, 9.17) is 5.11 Å². The van der Waals surface area contributed by atoms with Crippen molar-refractivity contribution in [1.82, 2.24) is 0 Å². The van der Waals surface area contributed by atoms with E-state index in [1.54, 1.807) is 6.07 Å². The van der Waals surface area contributed by atoms with E-state index in [-0.39, 0.29) is 10.8 Å². The van der Waals surface area contributed by atoms with Crippen molar-refractivity contribution in [2.75, 3.05) is 5.32 Å². The van der Waals surface area contributed by atoms with Gasteiger partial charge in [-0.1, -0.05) is 20.3 Å². The first-order valence-electron chi connectivity index (χ1n) is 6.81. The Labute approximate surface area is 131 Å². The summed E-state index contributed by atoms with van der Waals surface area (Å²) in [5.74, 6) is -1.15. The van der Waals surface area contributed by atoms with Crippen LogP contribution >= 0.6 is 22.7 Å². The van der Waals surface area contributed by atoms with Gasteiger partial charge in [0, 0.05) is 4.88 Å². The van der Waals surface area contributed by atoms with Crippen molar-refractivity contribution in [3.05, 3.63) is 38.4 Å². The van der Waals surface area contributed by atoms with E-state index in [1.165, 1.54) is 27.8 Å². The Hall–Kier alpha value is -1.66. The molecule has 0 fully saturated rings. The van der Waals surface area contributed by atoms with E-state index in [0.717, 1.165) is 30.6 Å². The largest absolute Gasteiger partial charge is 0.477 e. The molecule has 0 radical (unpaired) electrons. The molecule has 0 spiro atoms. The van der Waals surface area contributed by atoms with Crippen LogP contribution in [0, 0.1) is 0 Å². The molecule has 2 N–H and O–H groups in total. The Balaban J connectivity index is 2.13. The summed E-state index contributed by atoms with van der Waals surface area (Å²) in [6.07, 6.45) is 2.96. The maximum absolute atomic E-state index is 12.2. The molecular weight excluding hydrogens is 306 g/mol. The number of carbonyl (C=O) groups excluding carboxylic acids is 1. The van der Waals surface area contributed by atoms with Gasteiger partial charge in [-0.05, 0) is 36.6 Å². The minimum atomic E-state index is -0.977. The van der Waals surface area contributed by atoms with E-state index >= 15 is 0 Å². The van der Waals surface area contributed by atoms with Crippen molar-refractivity contribution in [2.24, 2.45) is 0 Å². The third-order valence-corrected chi connectivity index (χ3v) is 5.26. The third-order valence-electron chi connectivity index (χ3n) is 3.03. The Morgan fingerprint density at radius 3 is 2.52 bits per heavy atom. The molecule has 0 aliphatic carbocycles. The number of carbonyl (C=O) groups is 2. The number of thiophene rings is 2. The van der Waals surface area contributed by atoms with Crippen LogP contribution in [-0.2, 0) is 12.8 Å². The van der Waals surface area contributed by atoms with Crippen LogP contribution in [0.1, 0.15) is 50.1 Å². The highest BCUT2D eigenvalue weighted by Gasteiger charge is 2.15. The molecule has 0 unspecified atom stereocenters. The number of hydrogen-bond acceptors (Lipinski definition) is 4. The van der Waals surface area contributed by atoms with Crippen LogP contribution in [0.2, 0.25) is 0 Å². The lowest BCUT2D eigenvalue weighted by molar-refractivity contribution is 0.0702. The summed E-state index contributed by atoms with van der Waals surface area (Å²) in [5.41, 5.74) is 1.23. The Kier molecular flexibility index (Phi) is 5.14. The molecule has 112 valence electrons. The second-order valence-corrected chi connectivity index (χ2v) is 6.81. The van der Waals surface area contributed by atoms with E-state index in [2.05, 4.69) is 19.2 Å². The van der Waals surface area contributed by atoms with Crippen LogP contribution in [0.5, 0.6) is 0 Å². The molecular formula is C15H17NO3S2. The number of aromatic carboxylic acids is 1. The first-order chi connectivity index (χ1) is 10.0. The zero-order chi connectivity index (χ0) is 15.4. The average Bonchev–Trinajstić information content (AvgIpc) is 3.06. The van der Waals surface area contributed by atoms with E-state index in [9.17, 15) is 9.59 Å². The van der Waals surface area contributed by atoms with Gasteiger partial charge in [-0.3, -0.25) is 4.79 Å². The summed E-state index contributed by atoms with van der Waals surface area (Å²) < 4.78 is 0. The summed E-state index contributed by atoms with van der Waals surface area (Å²) in [6, 6.07) is 5.06. The standard InChI is InChI=1S/C15H17NO3S2/c1-3-5-10-9(4-2)8-12(20-10)14(17)16-13-7-6-11(21-13)15(18)19/h6-8H,3-5H2,1-2H3,(H,16,17)(H,18,19). The second kappa shape index (κ2) is 6.87. The normalized spacial score (nSPS) is 10.6. The van der Waals surface area contributed by atoms with Gasteiger partial charge in [-0.15, -0.1) is 22.7 Å². The minimum absolute atomic E-state index is 0.171. The molecule has 0 saturated heterocycles. The van der Waals surface area contributed by atoms with Crippen LogP contribution in [-0.4, -0.2) is 17.0 Å². The fraction of sp³-hybridized carbons (Fsp3) is 0.333. The maximum atomic E-state index is 12.2. The van der Waals surface area contributed by atoms with Gasteiger partial charge >= 0.3 is 5.97 Å². The highest BCUT2D eigenvalue weighted by atomic mass is 32.1. The molecule has 6 heteroatoms. The maximum Gasteiger partial charge on any atom is 0.345 e. The zero-order valence-electron chi connectivity index (χ0n) is 11.9. The smallest absolute Gasteiger partial charge is 0.345 e. The first kappa shape index (κ1) is 15.7. The number of amides is 1. The van der Waals surface area contributed by atoms with Crippen LogP contribution in [0.15, 0.2) is 18.2 Å². The van der Waals surface area contributed by atoms with Crippen LogP contribution in [0.3, 0.4) is 0 Å². The summed E-state index contributed by atoms with van der Waals surface area (Å²) in [6.45, 7) is 4.21. The molecule has 0 bridgehead atoms. The minimum Gasteiger partial charge on any atom is -0.477 e. The number of anilines is 1. The highest BCUT2D eigenvalue weighted by Crippen LogP contribution is 2.27. The quantitative estimate of drug-likeness (QED) is 0.834. The van der Waals surface area contributed by atoms with Crippen LogP contribution in [0.25, 0.3) is 0 Å². The van der Waals surface area contributed by atoms with Crippen LogP contribution < -0.4 is 5.32 Å². The van der Waals surface area contributed by atoms with Crippen molar-refractivity contribution < 1.29 is 14.7 Å². The highest BCUT2D eigenvalue weighted by molar-refractivity contribution is 7.18. The first-order valence-corrected chi connectivity index (χ1v) is 8.44. The number of carboxylic acid groups (broad SMARTS) is 1. The molecule has 4 nitrogen and oxygen atoms in total. The number of aryl methyl sites for hydroxylation is 2. The molecule has 0 aliphatic rings. The van der Waals surface area contributed by atoms with Gasteiger partial charge in [0.25, 0.3) is 5.91 Å². The fourth-order valence-electron chi connectivity index (χ4n) is 2.01. The monoisotopic (exact) mass is 323 g/mol. The molecule has 0 atom stereocenters. The number of rotatable bonds is 6.